The number of hydrogen-bond acceptors (Lipinski definition) is 6. The molecule has 4 rings (SSSR count). The lowest BCUT2D eigenvalue weighted by molar-refractivity contribution is -0.125. The lowest BCUT2D eigenvalue weighted by Gasteiger charge is -2.29. The minimum atomic E-state index is -0.240. The van der Waals surface area contributed by atoms with Crippen LogP contribution in [0.1, 0.15) is 11.1 Å². The lowest BCUT2D eigenvalue weighted by Crippen LogP contribution is -2.45. The maximum absolute atomic E-state index is 12.7. The molecular weight excluding hydrogens is 388 g/mol. The van der Waals surface area contributed by atoms with Crippen LogP contribution in [0.25, 0.3) is 6.08 Å². The number of imide groups is 1. The first-order chi connectivity index (χ1) is 14.2. The van der Waals surface area contributed by atoms with Crippen molar-refractivity contribution in [3.05, 3.63) is 70.6 Å². The van der Waals surface area contributed by atoms with Crippen molar-refractivity contribution in [2.24, 2.45) is 0 Å². The van der Waals surface area contributed by atoms with Crippen LogP contribution in [-0.2, 0) is 16.1 Å². The molecule has 0 N–H and O–H groups in total. The van der Waals surface area contributed by atoms with Gasteiger partial charge in [0.25, 0.3) is 11.1 Å². The molecule has 7 heteroatoms. The molecule has 2 saturated heterocycles. The Hall–Kier alpha value is -2.61. The maximum Gasteiger partial charge on any atom is 0.294 e. The molecule has 2 aliphatic heterocycles. The second kappa shape index (κ2) is 9.26. The van der Waals surface area contributed by atoms with E-state index in [1.165, 1.54) is 4.90 Å². The van der Waals surface area contributed by atoms with Crippen LogP contribution in [0.4, 0.5) is 4.79 Å². The Morgan fingerprint density at radius 2 is 1.72 bits per heavy atom. The molecular formula is C22H22N2O4S. The van der Waals surface area contributed by atoms with E-state index in [-0.39, 0.29) is 11.1 Å². The van der Waals surface area contributed by atoms with Gasteiger partial charge in [0.05, 0.1) is 24.8 Å². The van der Waals surface area contributed by atoms with E-state index in [0.717, 1.165) is 41.7 Å². The van der Waals surface area contributed by atoms with Crippen molar-refractivity contribution in [1.29, 1.82) is 0 Å². The fourth-order valence-corrected chi connectivity index (χ4v) is 3.95. The number of carbonyl (C=O) groups is 2. The molecule has 0 saturated carbocycles. The summed E-state index contributed by atoms with van der Waals surface area (Å²) in [6.45, 7) is 3.53. The van der Waals surface area contributed by atoms with Gasteiger partial charge in [0.2, 0.25) is 0 Å². The average molecular weight is 410 g/mol. The normalized spacial score (nSPS) is 19.2. The summed E-state index contributed by atoms with van der Waals surface area (Å²) in [5, 5.41) is -0.226. The summed E-state index contributed by atoms with van der Waals surface area (Å²) < 4.78 is 11.1. The molecule has 29 heavy (non-hydrogen) atoms. The summed E-state index contributed by atoms with van der Waals surface area (Å²) in [7, 11) is 0. The number of hydrogen-bond donors (Lipinski definition) is 0. The molecule has 2 amide bonds. The van der Waals surface area contributed by atoms with Crippen molar-refractivity contribution in [2.75, 3.05) is 33.0 Å². The quantitative estimate of drug-likeness (QED) is 0.679. The van der Waals surface area contributed by atoms with Crippen LogP contribution in [0.2, 0.25) is 0 Å². The first kappa shape index (κ1) is 19.7. The Morgan fingerprint density at radius 3 is 2.45 bits per heavy atom. The van der Waals surface area contributed by atoms with E-state index < -0.39 is 0 Å². The fraction of sp³-hybridized carbons (Fsp3) is 0.273. The van der Waals surface area contributed by atoms with Gasteiger partial charge in [-0.2, -0.15) is 0 Å². The van der Waals surface area contributed by atoms with Crippen molar-refractivity contribution in [2.45, 2.75) is 6.61 Å². The van der Waals surface area contributed by atoms with Gasteiger partial charge in [-0.3, -0.25) is 19.4 Å². The number of nitrogens with zero attached hydrogens (tertiary/aromatic N) is 2. The van der Waals surface area contributed by atoms with Crippen molar-refractivity contribution in [3.8, 4) is 5.75 Å². The van der Waals surface area contributed by atoms with E-state index in [1.54, 1.807) is 6.08 Å². The molecule has 2 aromatic carbocycles. The van der Waals surface area contributed by atoms with E-state index in [0.29, 0.717) is 31.4 Å². The summed E-state index contributed by atoms with van der Waals surface area (Å²) in [4.78, 5) is 28.7. The van der Waals surface area contributed by atoms with Gasteiger partial charge in [-0.1, -0.05) is 42.5 Å². The molecule has 6 nitrogen and oxygen atoms in total. The van der Waals surface area contributed by atoms with Crippen molar-refractivity contribution in [1.82, 2.24) is 9.80 Å². The van der Waals surface area contributed by atoms with Gasteiger partial charge in [-0.25, -0.2) is 0 Å². The smallest absolute Gasteiger partial charge is 0.294 e. The highest BCUT2D eigenvalue weighted by molar-refractivity contribution is 8.18. The summed E-state index contributed by atoms with van der Waals surface area (Å²) >= 11 is 0.986. The number of rotatable bonds is 6. The molecule has 0 bridgehead atoms. The molecule has 2 aliphatic rings. The summed E-state index contributed by atoms with van der Waals surface area (Å²) in [5.41, 5.74) is 1.96. The van der Waals surface area contributed by atoms with Crippen molar-refractivity contribution < 1.29 is 19.1 Å². The first-order valence-corrected chi connectivity index (χ1v) is 10.3. The number of ether oxygens (including phenoxy) is 2. The van der Waals surface area contributed by atoms with Crippen LogP contribution in [0.3, 0.4) is 0 Å². The third kappa shape index (κ3) is 5.06. The third-order valence-corrected chi connectivity index (χ3v) is 5.65. The number of amides is 2. The highest BCUT2D eigenvalue weighted by Gasteiger charge is 2.36. The van der Waals surface area contributed by atoms with Gasteiger partial charge >= 0.3 is 0 Å². The van der Waals surface area contributed by atoms with E-state index >= 15 is 0 Å². The Balaban J connectivity index is 1.37. The zero-order valence-corrected chi connectivity index (χ0v) is 16.8. The minimum absolute atomic E-state index is 0.226. The van der Waals surface area contributed by atoms with E-state index in [9.17, 15) is 9.59 Å². The van der Waals surface area contributed by atoms with Crippen molar-refractivity contribution >= 4 is 29.0 Å². The zero-order valence-electron chi connectivity index (χ0n) is 16.0. The van der Waals surface area contributed by atoms with Gasteiger partial charge in [0.15, 0.2) is 0 Å². The molecule has 0 radical (unpaired) electrons. The van der Waals surface area contributed by atoms with Crippen molar-refractivity contribution in [3.63, 3.8) is 0 Å². The monoisotopic (exact) mass is 410 g/mol. The number of carbonyl (C=O) groups excluding carboxylic acids is 2. The molecule has 0 aromatic heterocycles. The predicted octanol–water partition coefficient (Wildman–Crippen LogP) is 3.59. The molecule has 0 atom stereocenters. The Labute approximate surface area is 174 Å². The molecule has 2 heterocycles. The Kier molecular flexibility index (Phi) is 6.29. The van der Waals surface area contributed by atoms with Crippen LogP contribution in [0.5, 0.6) is 5.75 Å². The lowest BCUT2D eigenvalue weighted by atomic mass is 10.2. The molecule has 2 fully saturated rings. The maximum atomic E-state index is 12.7. The van der Waals surface area contributed by atoms with E-state index in [4.69, 9.17) is 9.47 Å². The fourth-order valence-electron chi connectivity index (χ4n) is 3.12. The van der Waals surface area contributed by atoms with Crippen LogP contribution in [0.15, 0.2) is 59.5 Å². The largest absolute Gasteiger partial charge is 0.489 e. The average Bonchev–Trinajstić information content (AvgIpc) is 3.02. The Morgan fingerprint density at radius 1 is 1.00 bits per heavy atom. The predicted molar refractivity (Wildman–Crippen MR) is 112 cm³/mol. The van der Waals surface area contributed by atoms with Crippen LogP contribution in [0, 0.1) is 0 Å². The second-order valence-corrected chi connectivity index (χ2v) is 7.82. The van der Waals surface area contributed by atoms with Gasteiger partial charge in [-0.15, -0.1) is 0 Å². The number of benzene rings is 2. The molecule has 2 aromatic rings. The molecule has 0 aliphatic carbocycles. The van der Waals surface area contributed by atoms with Gasteiger partial charge < -0.3 is 9.47 Å². The highest BCUT2D eigenvalue weighted by Crippen LogP contribution is 2.32. The molecule has 0 spiro atoms. The zero-order chi connectivity index (χ0) is 20.1. The Bertz CT molecular complexity index is 893. The summed E-state index contributed by atoms with van der Waals surface area (Å²) in [5.74, 6) is 0.516. The van der Waals surface area contributed by atoms with E-state index in [1.807, 2.05) is 54.6 Å². The summed E-state index contributed by atoms with van der Waals surface area (Å²) in [6.07, 6.45) is 1.76. The third-order valence-electron chi connectivity index (χ3n) is 4.74. The highest BCUT2D eigenvalue weighted by atomic mass is 32.2. The SMILES string of the molecule is O=C1S/C(=C/c2ccc(OCc3ccccc3)cc2)C(=O)N1CN1CCOCC1. The standard InChI is InChI=1S/C22H22N2O4S/c25-21-20(29-22(26)24(21)16-23-10-12-27-13-11-23)14-17-6-8-19(9-7-17)28-15-18-4-2-1-3-5-18/h1-9,14H,10-13,15-16H2/b20-14+. The molecule has 0 unspecified atom stereocenters. The molecule has 150 valence electrons. The van der Waals surface area contributed by atoms with Crippen LogP contribution < -0.4 is 4.74 Å². The van der Waals surface area contributed by atoms with Gasteiger partial charge in [0, 0.05) is 13.1 Å². The topological polar surface area (TPSA) is 59.1 Å². The number of thioether (sulfide) groups is 1. The minimum Gasteiger partial charge on any atom is -0.489 e. The second-order valence-electron chi connectivity index (χ2n) is 6.82. The first-order valence-electron chi connectivity index (χ1n) is 9.51. The van der Waals surface area contributed by atoms with Crippen LogP contribution >= 0.6 is 11.8 Å². The summed E-state index contributed by atoms with van der Waals surface area (Å²) in [6, 6.07) is 17.5. The van der Waals surface area contributed by atoms with Crippen LogP contribution in [-0.4, -0.2) is 53.9 Å². The number of morpholine rings is 1. The van der Waals surface area contributed by atoms with Gasteiger partial charge in [-0.05, 0) is 41.1 Å². The van der Waals surface area contributed by atoms with E-state index in [2.05, 4.69) is 4.90 Å². The van der Waals surface area contributed by atoms with Gasteiger partial charge in [0.1, 0.15) is 12.4 Å².